The van der Waals surface area contributed by atoms with Gasteiger partial charge in [0.1, 0.15) is 17.6 Å². The van der Waals surface area contributed by atoms with Gasteiger partial charge in [-0.2, -0.15) is 0 Å². The molecule has 5 heteroatoms. The summed E-state index contributed by atoms with van der Waals surface area (Å²) in [6.07, 6.45) is 1.99. The van der Waals surface area contributed by atoms with Gasteiger partial charge in [0.2, 0.25) is 5.91 Å². The van der Waals surface area contributed by atoms with Crippen LogP contribution in [-0.4, -0.2) is 41.0 Å². The molecule has 1 unspecified atom stereocenters. The van der Waals surface area contributed by atoms with E-state index in [-0.39, 0.29) is 23.5 Å². The largest absolute Gasteiger partial charge is 0.508 e. The monoisotopic (exact) mass is 342 g/mol. The van der Waals surface area contributed by atoms with Crippen molar-refractivity contribution < 1.29 is 14.3 Å². The van der Waals surface area contributed by atoms with Crippen LogP contribution in [0.2, 0.25) is 0 Å². The Hall–Kier alpha value is -2.40. The maximum absolute atomic E-state index is 13.6. The third-order valence-corrected chi connectivity index (χ3v) is 4.47. The molecule has 2 aromatic carbocycles. The summed E-state index contributed by atoms with van der Waals surface area (Å²) in [4.78, 5) is 17.0. The Morgan fingerprint density at radius 2 is 1.88 bits per heavy atom. The average molecular weight is 342 g/mol. The standard InChI is InChI=1S/C20H23FN2O2/c1-22(2)19(15-4-3-5-16(21)12-15)20(25)23(17-8-9-17)13-14-6-10-18(24)11-7-14/h3-7,10-12,17,19,24H,8-9,13H2,1-2H3. The Kier molecular flexibility index (Phi) is 5.04. The van der Waals surface area contributed by atoms with Crippen molar-refractivity contribution in [2.75, 3.05) is 14.1 Å². The Balaban J connectivity index is 1.86. The molecule has 4 nitrogen and oxygen atoms in total. The Bertz CT molecular complexity index is 742. The molecule has 25 heavy (non-hydrogen) atoms. The van der Waals surface area contributed by atoms with Crippen LogP contribution in [-0.2, 0) is 11.3 Å². The molecule has 0 aliphatic heterocycles. The van der Waals surface area contributed by atoms with Crippen molar-refractivity contribution in [2.24, 2.45) is 0 Å². The third-order valence-electron chi connectivity index (χ3n) is 4.47. The first-order valence-electron chi connectivity index (χ1n) is 8.46. The number of hydrogen-bond acceptors (Lipinski definition) is 3. The van der Waals surface area contributed by atoms with Crippen molar-refractivity contribution in [2.45, 2.75) is 31.5 Å². The van der Waals surface area contributed by atoms with Crippen LogP contribution in [0.5, 0.6) is 5.75 Å². The highest BCUT2D eigenvalue weighted by molar-refractivity contribution is 5.84. The summed E-state index contributed by atoms with van der Waals surface area (Å²) >= 11 is 0. The number of nitrogens with zero attached hydrogens (tertiary/aromatic N) is 2. The maximum atomic E-state index is 13.6. The lowest BCUT2D eigenvalue weighted by atomic mass is 10.0. The van der Waals surface area contributed by atoms with Crippen LogP contribution in [0.25, 0.3) is 0 Å². The molecule has 2 aromatic rings. The summed E-state index contributed by atoms with van der Waals surface area (Å²) in [6, 6.07) is 12.8. The van der Waals surface area contributed by atoms with Crippen molar-refractivity contribution >= 4 is 5.91 Å². The lowest BCUT2D eigenvalue weighted by Crippen LogP contribution is -2.41. The van der Waals surface area contributed by atoms with Crippen LogP contribution in [0.1, 0.15) is 30.0 Å². The van der Waals surface area contributed by atoms with Crippen molar-refractivity contribution in [1.29, 1.82) is 0 Å². The van der Waals surface area contributed by atoms with Crippen molar-refractivity contribution in [3.63, 3.8) is 0 Å². The van der Waals surface area contributed by atoms with Crippen LogP contribution in [0, 0.1) is 5.82 Å². The molecule has 1 N–H and O–H groups in total. The number of carbonyl (C=O) groups is 1. The minimum atomic E-state index is -0.520. The van der Waals surface area contributed by atoms with E-state index in [4.69, 9.17) is 0 Å². The third kappa shape index (κ3) is 4.17. The van der Waals surface area contributed by atoms with Crippen molar-refractivity contribution in [3.05, 3.63) is 65.5 Å². The van der Waals surface area contributed by atoms with Crippen molar-refractivity contribution in [1.82, 2.24) is 9.80 Å². The molecule has 1 amide bonds. The topological polar surface area (TPSA) is 43.8 Å². The molecule has 132 valence electrons. The summed E-state index contributed by atoms with van der Waals surface area (Å²) in [5.74, 6) is -0.154. The second kappa shape index (κ2) is 7.23. The number of likely N-dealkylation sites (N-methyl/N-ethyl adjacent to an activating group) is 1. The Labute approximate surface area is 147 Å². The first kappa shape index (κ1) is 17.4. The SMILES string of the molecule is CN(C)C(C(=O)N(Cc1ccc(O)cc1)C1CC1)c1cccc(F)c1. The fraction of sp³-hybridized carbons (Fsp3) is 0.350. The maximum Gasteiger partial charge on any atom is 0.245 e. The summed E-state index contributed by atoms with van der Waals surface area (Å²) in [7, 11) is 3.66. The van der Waals surface area contributed by atoms with Gasteiger partial charge in [-0.3, -0.25) is 9.69 Å². The number of phenols is 1. The zero-order valence-electron chi connectivity index (χ0n) is 14.5. The molecule has 1 aliphatic carbocycles. The van der Waals surface area contributed by atoms with E-state index in [0.717, 1.165) is 18.4 Å². The predicted octanol–water partition coefficient (Wildman–Crippen LogP) is 3.33. The zero-order chi connectivity index (χ0) is 18.0. The molecule has 1 fully saturated rings. The predicted molar refractivity (Wildman–Crippen MR) is 94.5 cm³/mol. The number of phenolic OH excluding ortho intramolecular Hbond substituents is 1. The van der Waals surface area contributed by atoms with E-state index >= 15 is 0 Å². The van der Waals surface area contributed by atoms with Gasteiger partial charge in [0.15, 0.2) is 0 Å². The number of rotatable bonds is 6. The van der Waals surface area contributed by atoms with Crippen molar-refractivity contribution in [3.8, 4) is 5.75 Å². The molecule has 0 aromatic heterocycles. The van der Waals surface area contributed by atoms with E-state index in [9.17, 15) is 14.3 Å². The second-order valence-corrected chi connectivity index (χ2v) is 6.78. The van der Waals surface area contributed by atoms with Gasteiger partial charge in [0.05, 0.1) is 0 Å². The highest BCUT2D eigenvalue weighted by atomic mass is 19.1. The molecule has 1 aliphatic rings. The molecule has 1 atom stereocenters. The number of hydrogen-bond donors (Lipinski definition) is 1. The first-order valence-corrected chi connectivity index (χ1v) is 8.46. The number of halogens is 1. The van der Waals surface area contributed by atoms with Gasteiger partial charge in [0.25, 0.3) is 0 Å². The molecule has 0 radical (unpaired) electrons. The van der Waals surface area contributed by atoms with Gasteiger partial charge in [0, 0.05) is 12.6 Å². The molecule has 0 saturated heterocycles. The molecule has 0 bridgehead atoms. The lowest BCUT2D eigenvalue weighted by molar-refractivity contribution is -0.137. The van der Waals surface area contributed by atoms with Crippen LogP contribution in [0.4, 0.5) is 4.39 Å². The average Bonchev–Trinajstić information content (AvgIpc) is 3.39. The highest BCUT2D eigenvalue weighted by Gasteiger charge is 2.37. The van der Waals surface area contributed by atoms with Crippen LogP contribution >= 0.6 is 0 Å². The number of aromatic hydroxyl groups is 1. The second-order valence-electron chi connectivity index (χ2n) is 6.78. The zero-order valence-corrected chi connectivity index (χ0v) is 14.5. The number of benzene rings is 2. The van der Waals surface area contributed by atoms with E-state index < -0.39 is 6.04 Å². The van der Waals surface area contributed by atoms with E-state index in [0.29, 0.717) is 12.1 Å². The smallest absolute Gasteiger partial charge is 0.245 e. The highest BCUT2D eigenvalue weighted by Crippen LogP contribution is 2.32. The van der Waals surface area contributed by atoms with Gasteiger partial charge in [-0.05, 0) is 62.3 Å². The summed E-state index contributed by atoms with van der Waals surface area (Å²) in [5, 5.41) is 9.43. The fourth-order valence-corrected chi connectivity index (χ4v) is 3.07. The van der Waals surface area contributed by atoms with Gasteiger partial charge >= 0.3 is 0 Å². The lowest BCUT2D eigenvalue weighted by Gasteiger charge is -2.31. The Morgan fingerprint density at radius 1 is 1.20 bits per heavy atom. The van der Waals surface area contributed by atoms with Crippen LogP contribution in [0.3, 0.4) is 0 Å². The molecular weight excluding hydrogens is 319 g/mol. The van der Waals surface area contributed by atoms with Gasteiger partial charge in [-0.1, -0.05) is 24.3 Å². The normalized spacial score (nSPS) is 15.2. The summed E-state index contributed by atoms with van der Waals surface area (Å²) < 4.78 is 13.6. The first-order chi connectivity index (χ1) is 12.0. The molecule has 3 rings (SSSR count). The van der Waals surface area contributed by atoms with Gasteiger partial charge < -0.3 is 10.0 Å². The van der Waals surface area contributed by atoms with Gasteiger partial charge in [-0.15, -0.1) is 0 Å². The van der Waals surface area contributed by atoms with Crippen LogP contribution in [0.15, 0.2) is 48.5 Å². The van der Waals surface area contributed by atoms with E-state index in [2.05, 4.69) is 0 Å². The van der Waals surface area contributed by atoms with Crippen LogP contribution < -0.4 is 0 Å². The van der Waals surface area contributed by atoms with Gasteiger partial charge in [-0.25, -0.2) is 4.39 Å². The summed E-state index contributed by atoms with van der Waals surface area (Å²) in [6.45, 7) is 0.490. The molecule has 1 saturated carbocycles. The molecule has 0 heterocycles. The minimum absolute atomic E-state index is 0.0221. The Morgan fingerprint density at radius 3 is 2.44 bits per heavy atom. The summed E-state index contributed by atoms with van der Waals surface area (Å²) in [5.41, 5.74) is 1.63. The van der Waals surface area contributed by atoms with E-state index in [1.807, 2.05) is 36.0 Å². The molecule has 0 spiro atoms. The minimum Gasteiger partial charge on any atom is -0.508 e. The number of carbonyl (C=O) groups excluding carboxylic acids is 1. The molecular formula is C20H23FN2O2. The van der Waals surface area contributed by atoms with E-state index in [1.54, 1.807) is 24.3 Å². The van der Waals surface area contributed by atoms with E-state index in [1.165, 1.54) is 12.1 Å². The fourth-order valence-electron chi connectivity index (χ4n) is 3.07. The quantitative estimate of drug-likeness (QED) is 0.876. The number of amides is 1.